The molecule has 1 aromatic rings. The van der Waals surface area contributed by atoms with Gasteiger partial charge >= 0.3 is 0 Å². The maximum absolute atomic E-state index is 12.3. The molecule has 1 heterocycles. The first-order chi connectivity index (χ1) is 7.45. The topological polar surface area (TPSA) is 55.0 Å². The highest BCUT2D eigenvalue weighted by Crippen LogP contribution is 2.21. The van der Waals surface area contributed by atoms with Gasteiger partial charge in [0.05, 0.1) is 6.54 Å². The lowest BCUT2D eigenvalue weighted by molar-refractivity contribution is 0.156. The van der Waals surface area contributed by atoms with E-state index in [1.807, 2.05) is 6.92 Å². The van der Waals surface area contributed by atoms with E-state index < -0.39 is 6.43 Å². The molecule has 0 aliphatic heterocycles. The van der Waals surface area contributed by atoms with Crippen LogP contribution in [-0.2, 0) is 6.42 Å². The van der Waals surface area contributed by atoms with Crippen molar-refractivity contribution in [3.63, 3.8) is 0 Å². The van der Waals surface area contributed by atoms with Crippen LogP contribution in [0.25, 0.3) is 0 Å². The normalized spacial score (nSPS) is 10.9. The van der Waals surface area contributed by atoms with E-state index in [9.17, 15) is 8.78 Å². The SMILES string of the molecule is CCc1nc(N)c(C)c(N(C)CC(F)F)n1. The molecule has 0 fully saturated rings. The number of anilines is 2. The average Bonchev–Trinajstić information content (AvgIpc) is 2.20. The van der Waals surface area contributed by atoms with Crippen molar-refractivity contribution < 1.29 is 8.78 Å². The number of rotatable bonds is 4. The second-order valence-electron chi connectivity index (χ2n) is 3.60. The molecule has 4 nitrogen and oxygen atoms in total. The van der Waals surface area contributed by atoms with Gasteiger partial charge in [-0.1, -0.05) is 6.92 Å². The summed E-state index contributed by atoms with van der Waals surface area (Å²) in [5, 5.41) is 0. The molecular formula is C10H16F2N4. The van der Waals surface area contributed by atoms with Crippen LogP contribution in [-0.4, -0.2) is 30.0 Å². The summed E-state index contributed by atoms with van der Waals surface area (Å²) in [6.45, 7) is 3.26. The Morgan fingerprint density at radius 1 is 1.38 bits per heavy atom. The number of hydrogen-bond acceptors (Lipinski definition) is 4. The third-order valence-corrected chi connectivity index (χ3v) is 2.29. The van der Waals surface area contributed by atoms with Crippen LogP contribution in [0.5, 0.6) is 0 Å². The first-order valence-electron chi connectivity index (χ1n) is 5.08. The summed E-state index contributed by atoms with van der Waals surface area (Å²) in [6.07, 6.45) is -1.77. The second kappa shape index (κ2) is 5.05. The number of nitrogens with zero attached hydrogens (tertiary/aromatic N) is 3. The molecule has 0 spiro atoms. The molecule has 0 saturated heterocycles. The molecule has 0 aliphatic carbocycles. The first kappa shape index (κ1) is 12.6. The van der Waals surface area contributed by atoms with Crippen LogP contribution >= 0.6 is 0 Å². The van der Waals surface area contributed by atoms with Gasteiger partial charge in [0.15, 0.2) is 0 Å². The summed E-state index contributed by atoms with van der Waals surface area (Å²) in [4.78, 5) is 9.67. The molecule has 0 saturated carbocycles. The molecule has 90 valence electrons. The van der Waals surface area contributed by atoms with E-state index >= 15 is 0 Å². The van der Waals surface area contributed by atoms with Crippen molar-refractivity contribution in [2.24, 2.45) is 0 Å². The molecular weight excluding hydrogens is 214 g/mol. The minimum atomic E-state index is -2.40. The van der Waals surface area contributed by atoms with Crippen molar-refractivity contribution in [2.75, 3.05) is 24.2 Å². The van der Waals surface area contributed by atoms with Crippen LogP contribution in [0.2, 0.25) is 0 Å². The summed E-state index contributed by atoms with van der Waals surface area (Å²) >= 11 is 0. The molecule has 2 N–H and O–H groups in total. The number of hydrogen-bond donors (Lipinski definition) is 1. The molecule has 16 heavy (non-hydrogen) atoms. The quantitative estimate of drug-likeness (QED) is 0.854. The fraction of sp³-hybridized carbons (Fsp3) is 0.600. The maximum Gasteiger partial charge on any atom is 0.255 e. The molecule has 0 unspecified atom stereocenters. The molecule has 0 aromatic carbocycles. The molecule has 6 heteroatoms. The predicted molar refractivity (Wildman–Crippen MR) is 59.8 cm³/mol. The molecule has 0 atom stereocenters. The van der Waals surface area contributed by atoms with Crippen LogP contribution in [0.4, 0.5) is 20.4 Å². The lowest BCUT2D eigenvalue weighted by atomic mass is 10.3. The monoisotopic (exact) mass is 230 g/mol. The van der Waals surface area contributed by atoms with Gasteiger partial charge in [-0.05, 0) is 6.92 Å². The summed E-state index contributed by atoms with van der Waals surface area (Å²) in [7, 11) is 1.57. The summed E-state index contributed by atoms with van der Waals surface area (Å²) in [6, 6.07) is 0. The lowest BCUT2D eigenvalue weighted by Gasteiger charge is -2.20. The van der Waals surface area contributed by atoms with Crippen molar-refractivity contribution in [2.45, 2.75) is 26.7 Å². The van der Waals surface area contributed by atoms with Gasteiger partial charge in [-0.2, -0.15) is 0 Å². The number of nitrogen functional groups attached to an aromatic ring is 1. The van der Waals surface area contributed by atoms with Gasteiger partial charge in [0.1, 0.15) is 17.5 Å². The highest BCUT2D eigenvalue weighted by Gasteiger charge is 2.15. The maximum atomic E-state index is 12.3. The summed E-state index contributed by atoms with van der Waals surface area (Å²) in [5.74, 6) is 1.40. The third-order valence-electron chi connectivity index (χ3n) is 2.29. The molecule has 1 rings (SSSR count). The van der Waals surface area contributed by atoms with Crippen LogP contribution in [0.3, 0.4) is 0 Å². The van der Waals surface area contributed by atoms with Crippen molar-refractivity contribution in [3.8, 4) is 0 Å². The molecule has 0 radical (unpaired) electrons. The molecule has 0 bridgehead atoms. The Hall–Kier alpha value is -1.46. The fourth-order valence-corrected chi connectivity index (χ4v) is 1.39. The van der Waals surface area contributed by atoms with E-state index in [0.717, 1.165) is 0 Å². The van der Waals surface area contributed by atoms with Gasteiger partial charge in [0, 0.05) is 19.0 Å². The smallest absolute Gasteiger partial charge is 0.255 e. The van der Waals surface area contributed by atoms with Gasteiger partial charge in [0.2, 0.25) is 0 Å². The number of alkyl halides is 2. The Morgan fingerprint density at radius 2 is 2.00 bits per heavy atom. The highest BCUT2D eigenvalue weighted by atomic mass is 19.3. The number of halogens is 2. The van der Waals surface area contributed by atoms with Crippen molar-refractivity contribution >= 4 is 11.6 Å². The molecule has 0 aliphatic rings. The zero-order chi connectivity index (χ0) is 12.3. The fourth-order valence-electron chi connectivity index (χ4n) is 1.39. The van der Waals surface area contributed by atoms with E-state index in [2.05, 4.69) is 9.97 Å². The van der Waals surface area contributed by atoms with Crippen molar-refractivity contribution in [1.82, 2.24) is 9.97 Å². The standard InChI is InChI=1S/C10H16F2N4/c1-4-8-14-9(13)6(2)10(15-8)16(3)5-7(11)12/h7H,4-5H2,1-3H3,(H2,13,14,15). The van der Waals surface area contributed by atoms with Crippen LogP contribution in [0, 0.1) is 6.92 Å². The Bertz CT molecular complexity index is 368. The zero-order valence-corrected chi connectivity index (χ0v) is 9.67. The Morgan fingerprint density at radius 3 is 2.50 bits per heavy atom. The van der Waals surface area contributed by atoms with E-state index in [-0.39, 0.29) is 6.54 Å². The van der Waals surface area contributed by atoms with Crippen LogP contribution < -0.4 is 10.6 Å². The third kappa shape index (κ3) is 2.77. The molecule has 0 amide bonds. The largest absolute Gasteiger partial charge is 0.383 e. The number of aromatic nitrogens is 2. The van der Waals surface area contributed by atoms with Gasteiger partial charge in [-0.25, -0.2) is 18.7 Å². The number of nitrogens with two attached hydrogens (primary N) is 1. The predicted octanol–water partition coefficient (Wildman–Crippen LogP) is 1.63. The van der Waals surface area contributed by atoms with E-state index in [1.165, 1.54) is 4.90 Å². The van der Waals surface area contributed by atoms with Gasteiger partial charge in [-0.15, -0.1) is 0 Å². The Balaban J connectivity index is 3.06. The van der Waals surface area contributed by atoms with Gasteiger partial charge in [0.25, 0.3) is 6.43 Å². The van der Waals surface area contributed by atoms with Crippen LogP contribution in [0.15, 0.2) is 0 Å². The first-order valence-corrected chi connectivity index (χ1v) is 5.08. The second-order valence-corrected chi connectivity index (χ2v) is 3.60. The number of aryl methyl sites for hydroxylation is 1. The van der Waals surface area contributed by atoms with Crippen LogP contribution in [0.1, 0.15) is 18.3 Å². The lowest BCUT2D eigenvalue weighted by Crippen LogP contribution is -2.26. The zero-order valence-electron chi connectivity index (χ0n) is 9.67. The van der Waals surface area contributed by atoms with Crippen molar-refractivity contribution in [1.29, 1.82) is 0 Å². The Kier molecular flexibility index (Phi) is 3.98. The Labute approximate surface area is 93.5 Å². The highest BCUT2D eigenvalue weighted by molar-refractivity contribution is 5.56. The average molecular weight is 230 g/mol. The minimum absolute atomic E-state index is 0.350. The van der Waals surface area contributed by atoms with E-state index in [4.69, 9.17) is 5.73 Å². The molecule has 1 aromatic heterocycles. The van der Waals surface area contributed by atoms with E-state index in [0.29, 0.717) is 29.4 Å². The van der Waals surface area contributed by atoms with Gasteiger partial charge in [-0.3, -0.25) is 0 Å². The van der Waals surface area contributed by atoms with E-state index in [1.54, 1.807) is 14.0 Å². The van der Waals surface area contributed by atoms with Crippen molar-refractivity contribution in [3.05, 3.63) is 11.4 Å². The summed E-state index contributed by atoms with van der Waals surface area (Å²) < 4.78 is 24.5. The summed E-state index contributed by atoms with van der Waals surface area (Å²) in [5.41, 5.74) is 6.34. The minimum Gasteiger partial charge on any atom is -0.383 e. The van der Waals surface area contributed by atoms with Gasteiger partial charge < -0.3 is 10.6 Å².